The number of rotatable bonds is 5. The molecule has 0 saturated heterocycles. The lowest BCUT2D eigenvalue weighted by Gasteiger charge is -2.08. The van der Waals surface area contributed by atoms with E-state index in [0.717, 1.165) is 24.5 Å². The van der Waals surface area contributed by atoms with Gasteiger partial charge in [0.25, 0.3) is 5.78 Å². The Balaban J connectivity index is 1.67. The van der Waals surface area contributed by atoms with Crippen molar-refractivity contribution in [3.63, 3.8) is 0 Å². The first-order chi connectivity index (χ1) is 10.3. The Morgan fingerprint density at radius 2 is 2.10 bits per heavy atom. The summed E-state index contributed by atoms with van der Waals surface area (Å²) in [6, 6.07) is 9.73. The van der Waals surface area contributed by atoms with Crippen LogP contribution in [-0.2, 0) is 6.42 Å². The number of halogens is 1. The minimum atomic E-state index is 0.391. The number of aromatic nitrogens is 4. The van der Waals surface area contributed by atoms with E-state index in [2.05, 4.69) is 20.4 Å². The van der Waals surface area contributed by atoms with Gasteiger partial charge in [0.15, 0.2) is 0 Å². The van der Waals surface area contributed by atoms with Crippen molar-refractivity contribution in [1.82, 2.24) is 19.6 Å². The molecule has 108 valence electrons. The number of fused-ring (bicyclic) bond motifs is 1. The molecule has 1 N–H and O–H groups in total. The van der Waals surface area contributed by atoms with Crippen molar-refractivity contribution in [2.24, 2.45) is 0 Å². The number of nitrogens with one attached hydrogen (secondary N) is 1. The Labute approximate surface area is 126 Å². The Morgan fingerprint density at radius 1 is 1.29 bits per heavy atom. The Morgan fingerprint density at radius 3 is 2.86 bits per heavy atom. The van der Waals surface area contributed by atoms with Crippen LogP contribution in [0.5, 0.6) is 5.75 Å². The summed E-state index contributed by atoms with van der Waals surface area (Å²) in [5.41, 5.74) is 1.22. The fourth-order valence-corrected chi connectivity index (χ4v) is 2.22. The van der Waals surface area contributed by atoms with Gasteiger partial charge in [-0.3, -0.25) is 0 Å². The maximum Gasteiger partial charge on any atom is 0.255 e. The number of nitrogens with zero attached hydrogens (tertiary/aromatic N) is 4. The number of hydrogen-bond acceptors (Lipinski definition) is 5. The van der Waals surface area contributed by atoms with Crippen molar-refractivity contribution >= 4 is 23.2 Å². The molecule has 0 atom stereocenters. The molecular weight excluding hydrogens is 290 g/mol. The van der Waals surface area contributed by atoms with E-state index in [1.54, 1.807) is 17.7 Å². The van der Waals surface area contributed by atoms with Gasteiger partial charge >= 0.3 is 0 Å². The standard InChI is InChI=1S/C14H14ClN5O/c1-21-11-4-2-10(3-5-11)6-7-16-13-8-12(15)19-14-17-9-18-20(13)14/h2-5,8-9,16H,6-7H2,1H3. The molecule has 6 nitrogen and oxygen atoms in total. The molecule has 0 spiro atoms. The van der Waals surface area contributed by atoms with E-state index in [9.17, 15) is 0 Å². The fraction of sp³-hybridized carbons (Fsp3) is 0.214. The molecular formula is C14H14ClN5O. The first kappa shape index (κ1) is 13.6. The molecule has 0 fully saturated rings. The van der Waals surface area contributed by atoms with Gasteiger partial charge in [0.05, 0.1) is 7.11 Å². The summed E-state index contributed by atoms with van der Waals surface area (Å²) < 4.78 is 6.76. The van der Waals surface area contributed by atoms with Crippen LogP contribution in [0.4, 0.5) is 5.82 Å². The third-order valence-electron chi connectivity index (χ3n) is 3.10. The summed E-state index contributed by atoms with van der Waals surface area (Å²) in [5.74, 6) is 2.11. The quantitative estimate of drug-likeness (QED) is 0.733. The molecule has 0 unspecified atom stereocenters. The Bertz CT molecular complexity index is 741. The van der Waals surface area contributed by atoms with E-state index < -0.39 is 0 Å². The van der Waals surface area contributed by atoms with Crippen molar-refractivity contribution in [2.45, 2.75) is 6.42 Å². The number of methoxy groups -OCH3 is 1. The first-order valence-electron chi connectivity index (χ1n) is 6.49. The SMILES string of the molecule is COc1ccc(CCNc2cc(Cl)nc3ncnn23)cc1. The van der Waals surface area contributed by atoms with Gasteiger partial charge in [-0.15, -0.1) is 0 Å². The summed E-state index contributed by atoms with van der Waals surface area (Å²) in [7, 11) is 1.66. The van der Waals surface area contributed by atoms with Crippen LogP contribution in [0.1, 0.15) is 5.56 Å². The second-order valence-electron chi connectivity index (χ2n) is 4.46. The summed E-state index contributed by atoms with van der Waals surface area (Å²) in [5, 5.41) is 7.80. The zero-order valence-corrected chi connectivity index (χ0v) is 12.2. The average molecular weight is 304 g/mol. The molecule has 0 aliphatic rings. The maximum atomic E-state index is 5.96. The van der Waals surface area contributed by atoms with Gasteiger partial charge in [-0.1, -0.05) is 23.7 Å². The fourth-order valence-electron chi connectivity index (χ4n) is 2.04. The highest BCUT2D eigenvalue weighted by Crippen LogP contribution is 2.15. The van der Waals surface area contributed by atoms with Crippen molar-refractivity contribution < 1.29 is 4.74 Å². The molecule has 0 saturated carbocycles. The zero-order chi connectivity index (χ0) is 14.7. The van der Waals surface area contributed by atoms with Gasteiger partial charge < -0.3 is 10.1 Å². The van der Waals surface area contributed by atoms with Crippen LogP contribution in [0.3, 0.4) is 0 Å². The minimum Gasteiger partial charge on any atom is -0.497 e. The highest BCUT2D eigenvalue weighted by molar-refractivity contribution is 6.29. The molecule has 21 heavy (non-hydrogen) atoms. The summed E-state index contributed by atoms with van der Waals surface area (Å²) in [6.07, 6.45) is 2.33. The predicted molar refractivity (Wildman–Crippen MR) is 81.0 cm³/mol. The third-order valence-corrected chi connectivity index (χ3v) is 3.29. The number of hydrogen-bond donors (Lipinski definition) is 1. The van der Waals surface area contributed by atoms with Crippen LogP contribution in [0.2, 0.25) is 5.15 Å². The van der Waals surface area contributed by atoms with Crippen LogP contribution in [0.15, 0.2) is 36.7 Å². The van der Waals surface area contributed by atoms with Crippen LogP contribution < -0.4 is 10.1 Å². The second kappa shape index (κ2) is 5.97. The maximum absolute atomic E-state index is 5.96. The summed E-state index contributed by atoms with van der Waals surface area (Å²) in [4.78, 5) is 8.11. The van der Waals surface area contributed by atoms with Crippen LogP contribution in [0.25, 0.3) is 5.78 Å². The molecule has 1 aromatic carbocycles. The van der Waals surface area contributed by atoms with E-state index in [0.29, 0.717) is 10.9 Å². The molecule has 0 aliphatic carbocycles. The van der Waals surface area contributed by atoms with Crippen molar-refractivity contribution in [3.05, 3.63) is 47.4 Å². The summed E-state index contributed by atoms with van der Waals surface area (Å²) in [6.45, 7) is 0.752. The van der Waals surface area contributed by atoms with E-state index in [4.69, 9.17) is 16.3 Å². The number of benzene rings is 1. The van der Waals surface area contributed by atoms with Crippen LogP contribution in [0, 0.1) is 0 Å². The van der Waals surface area contributed by atoms with Gasteiger partial charge in [0.2, 0.25) is 0 Å². The second-order valence-corrected chi connectivity index (χ2v) is 4.85. The molecule has 2 aromatic heterocycles. The highest BCUT2D eigenvalue weighted by atomic mass is 35.5. The molecule has 0 radical (unpaired) electrons. The Hall–Kier alpha value is -2.34. The molecule has 0 aliphatic heterocycles. The largest absolute Gasteiger partial charge is 0.497 e. The lowest BCUT2D eigenvalue weighted by molar-refractivity contribution is 0.414. The van der Waals surface area contributed by atoms with Gasteiger partial charge in [0.1, 0.15) is 23.0 Å². The van der Waals surface area contributed by atoms with Gasteiger partial charge in [-0.05, 0) is 24.1 Å². The van der Waals surface area contributed by atoms with E-state index >= 15 is 0 Å². The normalized spacial score (nSPS) is 10.8. The van der Waals surface area contributed by atoms with Crippen molar-refractivity contribution in [2.75, 3.05) is 19.0 Å². The smallest absolute Gasteiger partial charge is 0.255 e. The van der Waals surface area contributed by atoms with Gasteiger partial charge in [-0.2, -0.15) is 19.6 Å². The zero-order valence-electron chi connectivity index (χ0n) is 11.5. The van der Waals surface area contributed by atoms with Crippen LogP contribution >= 0.6 is 11.6 Å². The van der Waals surface area contributed by atoms with Crippen molar-refractivity contribution in [3.8, 4) is 5.75 Å². The summed E-state index contributed by atoms with van der Waals surface area (Å²) >= 11 is 5.96. The van der Waals surface area contributed by atoms with Gasteiger partial charge in [-0.25, -0.2) is 0 Å². The lowest BCUT2D eigenvalue weighted by atomic mass is 10.1. The molecule has 7 heteroatoms. The van der Waals surface area contributed by atoms with Crippen LogP contribution in [-0.4, -0.2) is 33.2 Å². The third kappa shape index (κ3) is 3.05. The highest BCUT2D eigenvalue weighted by Gasteiger charge is 2.05. The molecule has 0 amide bonds. The number of anilines is 1. The van der Waals surface area contributed by atoms with E-state index in [-0.39, 0.29) is 0 Å². The molecule has 2 heterocycles. The van der Waals surface area contributed by atoms with Crippen molar-refractivity contribution in [1.29, 1.82) is 0 Å². The predicted octanol–water partition coefficient (Wildman–Crippen LogP) is 2.44. The Kier molecular flexibility index (Phi) is 3.87. The van der Waals surface area contributed by atoms with E-state index in [1.807, 2.05) is 24.3 Å². The molecule has 3 rings (SSSR count). The minimum absolute atomic E-state index is 0.391. The molecule has 3 aromatic rings. The molecule has 0 bridgehead atoms. The average Bonchev–Trinajstić information content (AvgIpc) is 2.96. The first-order valence-corrected chi connectivity index (χ1v) is 6.87. The topological polar surface area (TPSA) is 64.3 Å². The van der Waals surface area contributed by atoms with Gasteiger partial charge in [0, 0.05) is 12.6 Å². The monoisotopic (exact) mass is 303 g/mol. The van der Waals surface area contributed by atoms with E-state index in [1.165, 1.54) is 11.9 Å². The lowest BCUT2D eigenvalue weighted by Crippen LogP contribution is -2.09. The number of ether oxygens (including phenoxy) is 1.